The van der Waals surface area contributed by atoms with E-state index in [-0.39, 0.29) is 29.1 Å². The summed E-state index contributed by atoms with van der Waals surface area (Å²) >= 11 is 2.99. The minimum absolute atomic E-state index is 0.158. The summed E-state index contributed by atoms with van der Waals surface area (Å²) in [5.41, 5.74) is 3.10. The fraction of sp³-hybridized carbons (Fsp3) is 0.214. The van der Waals surface area contributed by atoms with Gasteiger partial charge in [-0.05, 0) is 61.4 Å². The highest BCUT2D eigenvalue weighted by Gasteiger charge is 2.34. The molecule has 3 N–H and O–H groups in total. The molecule has 0 radical (unpaired) electrons. The van der Waals surface area contributed by atoms with Gasteiger partial charge in [-0.25, -0.2) is 5.43 Å². The Kier molecular flexibility index (Phi) is 10.9. The number of hydrogen-bond acceptors (Lipinski definition) is 6. The second kappa shape index (κ2) is 14.3. The van der Waals surface area contributed by atoms with Gasteiger partial charge in [-0.2, -0.15) is 18.3 Å². The highest BCUT2D eigenvalue weighted by atomic mass is 79.9. The molecule has 9 nitrogen and oxygen atoms in total. The lowest BCUT2D eigenvalue weighted by Crippen LogP contribution is -2.37. The first-order valence-corrected chi connectivity index (χ1v) is 13.0. The zero-order chi connectivity index (χ0) is 30.0. The van der Waals surface area contributed by atoms with Crippen LogP contribution in [0.4, 0.5) is 18.9 Å². The molecule has 0 unspecified atom stereocenters. The smallest absolute Gasteiger partial charge is 0.418 e. The molecule has 41 heavy (non-hydrogen) atoms. The topological polar surface area (TPSA) is 118 Å². The van der Waals surface area contributed by atoms with Crippen LogP contribution < -0.4 is 25.5 Å². The molecular weight excluding hydrogens is 609 g/mol. The van der Waals surface area contributed by atoms with Gasteiger partial charge in [-0.3, -0.25) is 14.4 Å². The van der Waals surface area contributed by atoms with E-state index in [9.17, 15) is 27.6 Å². The molecule has 3 amide bonds. The van der Waals surface area contributed by atoms with Crippen molar-refractivity contribution in [1.29, 1.82) is 0 Å². The van der Waals surface area contributed by atoms with Crippen molar-refractivity contribution in [3.05, 3.63) is 87.4 Å². The molecule has 0 aliphatic heterocycles. The van der Waals surface area contributed by atoms with Gasteiger partial charge in [0.1, 0.15) is 0 Å². The fourth-order valence-corrected chi connectivity index (χ4v) is 3.73. The van der Waals surface area contributed by atoms with Crippen molar-refractivity contribution in [2.75, 3.05) is 18.5 Å². The number of benzene rings is 3. The first-order valence-electron chi connectivity index (χ1n) is 12.2. The number of nitrogens with zero attached hydrogens (tertiary/aromatic N) is 1. The summed E-state index contributed by atoms with van der Waals surface area (Å²) in [7, 11) is 0. The van der Waals surface area contributed by atoms with Crippen molar-refractivity contribution in [2.24, 2.45) is 5.10 Å². The van der Waals surface area contributed by atoms with Gasteiger partial charge in [0, 0.05) is 11.0 Å². The predicted molar refractivity (Wildman–Crippen MR) is 150 cm³/mol. The molecule has 3 rings (SSSR count). The second-order valence-corrected chi connectivity index (χ2v) is 9.45. The Labute approximate surface area is 242 Å². The number of nitrogens with one attached hydrogen (secondary N) is 3. The average molecular weight is 635 g/mol. The maximum Gasteiger partial charge on any atom is 0.418 e. The van der Waals surface area contributed by atoms with E-state index in [1.807, 2.05) is 31.2 Å². The van der Waals surface area contributed by atoms with Gasteiger partial charge in [0.2, 0.25) is 0 Å². The summed E-state index contributed by atoms with van der Waals surface area (Å²) in [4.78, 5) is 36.4. The van der Waals surface area contributed by atoms with E-state index in [0.717, 1.165) is 23.3 Å². The molecule has 0 saturated heterocycles. The molecule has 0 atom stereocenters. The molecule has 0 aliphatic rings. The Morgan fingerprint density at radius 2 is 1.68 bits per heavy atom. The summed E-state index contributed by atoms with van der Waals surface area (Å²) in [6.07, 6.45) is -3.40. The van der Waals surface area contributed by atoms with Crippen LogP contribution in [0.25, 0.3) is 0 Å². The van der Waals surface area contributed by atoms with Gasteiger partial charge in [0.05, 0.1) is 24.1 Å². The molecule has 0 spiro atoms. The Morgan fingerprint density at radius 3 is 2.37 bits per heavy atom. The summed E-state index contributed by atoms with van der Waals surface area (Å²) in [6, 6.07) is 15.4. The Morgan fingerprint density at radius 1 is 0.951 bits per heavy atom. The van der Waals surface area contributed by atoms with Crippen molar-refractivity contribution in [2.45, 2.75) is 26.6 Å². The number of hydrogen-bond donors (Lipinski definition) is 3. The van der Waals surface area contributed by atoms with Crippen LogP contribution in [-0.4, -0.2) is 37.1 Å². The molecule has 3 aromatic carbocycles. The van der Waals surface area contributed by atoms with Gasteiger partial charge in [0.15, 0.2) is 18.1 Å². The summed E-state index contributed by atoms with van der Waals surface area (Å²) in [5, 5.41) is 8.48. The molecule has 216 valence electrons. The molecule has 0 saturated carbocycles. The minimum atomic E-state index is -4.67. The van der Waals surface area contributed by atoms with E-state index in [4.69, 9.17) is 9.47 Å². The lowest BCUT2D eigenvalue weighted by Gasteiger charge is -2.15. The first kappa shape index (κ1) is 31.1. The van der Waals surface area contributed by atoms with Gasteiger partial charge in [-0.15, -0.1) is 0 Å². The summed E-state index contributed by atoms with van der Waals surface area (Å²) < 4.78 is 51.2. The number of anilines is 1. The monoisotopic (exact) mass is 634 g/mol. The third kappa shape index (κ3) is 9.64. The average Bonchev–Trinajstić information content (AvgIpc) is 2.92. The minimum Gasteiger partial charge on any atom is -0.490 e. The Balaban J connectivity index is 1.56. The van der Waals surface area contributed by atoms with Gasteiger partial charge < -0.3 is 20.1 Å². The Bertz CT molecular complexity index is 1430. The normalized spacial score (nSPS) is 11.2. The number of amides is 3. The zero-order valence-corrected chi connectivity index (χ0v) is 23.6. The number of ether oxygens (including phenoxy) is 2. The van der Waals surface area contributed by atoms with E-state index < -0.39 is 41.8 Å². The van der Waals surface area contributed by atoms with Crippen LogP contribution in [0.15, 0.2) is 70.2 Å². The maximum atomic E-state index is 13.3. The van der Waals surface area contributed by atoms with E-state index in [1.54, 1.807) is 13.0 Å². The van der Waals surface area contributed by atoms with Crippen molar-refractivity contribution >= 4 is 45.6 Å². The number of carbonyl (C=O) groups is 3. The molecule has 0 heterocycles. The van der Waals surface area contributed by atoms with Crippen molar-refractivity contribution in [3.8, 4) is 11.5 Å². The summed E-state index contributed by atoms with van der Waals surface area (Å²) in [6.45, 7) is 3.50. The van der Waals surface area contributed by atoms with Gasteiger partial charge >= 0.3 is 18.0 Å². The number of alkyl halides is 3. The third-order valence-electron chi connectivity index (χ3n) is 5.35. The number of aryl methyl sites for hydroxylation is 1. The maximum absolute atomic E-state index is 13.3. The molecular formula is C28H26BrF3N4O5. The lowest BCUT2D eigenvalue weighted by atomic mass is 10.1. The standard InChI is InChI=1S/C28H26BrF3N4O5/c1-3-40-24-12-19(15-34-36-27(39)26(38)33-14-18-6-4-17(2)5-7-18)8-11-23(24)41-16-25(37)35-22-10-9-20(29)13-21(22)28(30,31)32/h4-13,15H,3,14,16H2,1-2H3,(H,33,38)(H,35,37)(H,36,39)/b34-15-. The predicted octanol–water partition coefficient (Wildman–Crippen LogP) is 4.96. The Hall–Kier alpha value is -4.39. The second-order valence-electron chi connectivity index (χ2n) is 8.53. The van der Waals surface area contributed by atoms with Crippen LogP contribution in [0.3, 0.4) is 0 Å². The molecule has 0 bridgehead atoms. The number of rotatable bonds is 10. The van der Waals surface area contributed by atoms with Crippen LogP contribution in [0.2, 0.25) is 0 Å². The molecule has 13 heteroatoms. The van der Waals surface area contributed by atoms with E-state index in [1.165, 1.54) is 24.4 Å². The largest absolute Gasteiger partial charge is 0.490 e. The molecule has 0 aliphatic carbocycles. The quantitative estimate of drug-likeness (QED) is 0.166. The fourth-order valence-electron chi connectivity index (χ4n) is 3.37. The van der Waals surface area contributed by atoms with Crippen LogP contribution in [0, 0.1) is 6.92 Å². The number of carbonyl (C=O) groups excluding carboxylic acids is 3. The molecule has 0 aromatic heterocycles. The molecule has 0 fully saturated rings. The third-order valence-corrected chi connectivity index (χ3v) is 5.84. The number of halogens is 4. The van der Waals surface area contributed by atoms with Crippen LogP contribution in [-0.2, 0) is 27.1 Å². The van der Waals surface area contributed by atoms with E-state index >= 15 is 0 Å². The summed E-state index contributed by atoms with van der Waals surface area (Å²) in [5.74, 6) is -2.24. The van der Waals surface area contributed by atoms with Crippen LogP contribution in [0.5, 0.6) is 11.5 Å². The highest BCUT2D eigenvalue weighted by Crippen LogP contribution is 2.36. The van der Waals surface area contributed by atoms with Gasteiger partial charge in [0.25, 0.3) is 5.91 Å². The van der Waals surface area contributed by atoms with E-state index in [2.05, 4.69) is 37.1 Å². The zero-order valence-electron chi connectivity index (χ0n) is 22.0. The van der Waals surface area contributed by atoms with Gasteiger partial charge in [-0.1, -0.05) is 45.8 Å². The first-order chi connectivity index (χ1) is 19.5. The van der Waals surface area contributed by atoms with Crippen LogP contribution in [0.1, 0.15) is 29.2 Å². The van der Waals surface area contributed by atoms with E-state index in [0.29, 0.717) is 5.56 Å². The SMILES string of the molecule is CCOc1cc(/C=N\NC(=O)C(=O)NCc2ccc(C)cc2)ccc1OCC(=O)Nc1ccc(Br)cc1C(F)(F)F. The van der Waals surface area contributed by atoms with Crippen LogP contribution >= 0.6 is 15.9 Å². The number of hydrazone groups is 1. The van der Waals surface area contributed by atoms with Crippen molar-refractivity contribution < 1.29 is 37.0 Å². The highest BCUT2D eigenvalue weighted by molar-refractivity contribution is 9.10. The lowest BCUT2D eigenvalue weighted by molar-refractivity contribution is -0.139. The molecule has 3 aromatic rings. The van der Waals surface area contributed by atoms with Crippen molar-refractivity contribution in [1.82, 2.24) is 10.7 Å². The van der Waals surface area contributed by atoms with Crippen molar-refractivity contribution in [3.63, 3.8) is 0 Å².